The fraction of sp³-hybridized carbons (Fsp3) is 0.438. The summed E-state index contributed by atoms with van der Waals surface area (Å²) >= 11 is 4.96. The number of carbonyl (C=O) groups excluding carboxylic acids is 2. The molecule has 1 aromatic rings. The fourth-order valence-electron chi connectivity index (χ4n) is 1.78. The van der Waals surface area contributed by atoms with Crippen LogP contribution in [0.2, 0.25) is 0 Å². The summed E-state index contributed by atoms with van der Waals surface area (Å²) in [5.41, 5.74) is 5.49. The molecule has 3 N–H and O–H groups in total. The van der Waals surface area contributed by atoms with Crippen molar-refractivity contribution in [2.75, 3.05) is 6.61 Å². The first-order valence-electron chi connectivity index (χ1n) is 7.63. The predicted octanol–water partition coefficient (Wildman–Crippen LogP) is 2.12. The molecule has 0 aromatic heterocycles. The van der Waals surface area contributed by atoms with Crippen LogP contribution in [0.15, 0.2) is 30.3 Å². The van der Waals surface area contributed by atoms with Gasteiger partial charge in [0, 0.05) is 5.56 Å². The number of nitrogens with one attached hydrogen (secondary N) is 3. The van der Waals surface area contributed by atoms with Gasteiger partial charge >= 0.3 is 0 Å². The number of carbonyl (C=O) groups is 2. The monoisotopic (exact) mass is 337 g/mol. The second-order valence-corrected chi connectivity index (χ2v) is 5.46. The molecule has 0 spiro atoms. The zero-order chi connectivity index (χ0) is 17.1. The minimum Gasteiger partial charge on any atom is -0.301 e. The van der Waals surface area contributed by atoms with Crippen molar-refractivity contribution in [2.24, 2.45) is 5.92 Å². The van der Waals surface area contributed by atoms with Crippen molar-refractivity contribution < 1.29 is 14.4 Å². The van der Waals surface area contributed by atoms with E-state index in [1.54, 1.807) is 31.2 Å². The van der Waals surface area contributed by atoms with Crippen LogP contribution >= 0.6 is 12.2 Å². The van der Waals surface area contributed by atoms with E-state index in [9.17, 15) is 9.59 Å². The highest BCUT2D eigenvalue weighted by Gasteiger charge is 2.23. The minimum absolute atomic E-state index is 0.0539. The summed E-state index contributed by atoms with van der Waals surface area (Å²) in [4.78, 5) is 29.3. The molecule has 0 aliphatic carbocycles. The van der Waals surface area contributed by atoms with Crippen molar-refractivity contribution in [3.63, 3.8) is 0 Å². The molecule has 0 saturated heterocycles. The molecular formula is C16H23N3O3S. The van der Waals surface area contributed by atoms with Crippen molar-refractivity contribution in [1.29, 1.82) is 0 Å². The van der Waals surface area contributed by atoms with Crippen LogP contribution in [-0.2, 0) is 9.63 Å². The van der Waals surface area contributed by atoms with Gasteiger partial charge in [-0.3, -0.25) is 19.9 Å². The topological polar surface area (TPSA) is 79.5 Å². The molecule has 1 unspecified atom stereocenters. The summed E-state index contributed by atoms with van der Waals surface area (Å²) in [5, 5.41) is 2.50. The predicted molar refractivity (Wildman–Crippen MR) is 92.4 cm³/mol. The Labute approximate surface area is 141 Å². The van der Waals surface area contributed by atoms with Gasteiger partial charge in [0.2, 0.25) is 5.91 Å². The van der Waals surface area contributed by atoms with Gasteiger partial charge in [0.05, 0.1) is 12.5 Å². The zero-order valence-corrected chi connectivity index (χ0v) is 14.2. The van der Waals surface area contributed by atoms with Gasteiger partial charge in [-0.05, 0) is 25.6 Å². The molecule has 6 nitrogen and oxygen atoms in total. The van der Waals surface area contributed by atoms with E-state index in [0.29, 0.717) is 12.2 Å². The molecule has 0 radical (unpaired) electrons. The largest absolute Gasteiger partial charge is 0.301 e. The van der Waals surface area contributed by atoms with Crippen molar-refractivity contribution in [1.82, 2.24) is 16.3 Å². The molecule has 0 aliphatic rings. The van der Waals surface area contributed by atoms with E-state index in [4.69, 9.17) is 17.1 Å². The highest BCUT2D eigenvalue weighted by molar-refractivity contribution is 7.80. The Bertz CT molecular complexity index is 523. The van der Waals surface area contributed by atoms with Gasteiger partial charge in [0.1, 0.15) is 0 Å². The molecule has 0 heterocycles. The number of ketones is 1. The van der Waals surface area contributed by atoms with E-state index < -0.39 is 11.8 Å². The number of unbranched alkanes of at least 4 members (excludes halogenated alkanes) is 2. The van der Waals surface area contributed by atoms with Gasteiger partial charge < -0.3 is 5.32 Å². The van der Waals surface area contributed by atoms with E-state index in [0.717, 1.165) is 19.3 Å². The van der Waals surface area contributed by atoms with E-state index in [2.05, 4.69) is 23.3 Å². The third kappa shape index (κ3) is 7.32. The molecule has 1 amide bonds. The molecule has 1 aromatic carbocycles. The van der Waals surface area contributed by atoms with E-state index in [-0.39, 0.29) is 10.9 Å². The van der Waals surface area contributed by atoms with Crippen LogP contribution in [0.5, 0.6) is 0 Å². The molecule has 0 bridgehead atoms. The molecule has 1 rings (SSSR count). The molecule has 1 atom stereocenters. The van der Waals surface area contributed by atoms with E-state index in [1.807, 2.05) is 6.07 Å². The lowest BCUT2D eigenvalue weighted by Crippen LogP contribution is -2.48. The highest BCUT2D eigenvalue weighted by Crippen LogP contribution is 2.08. The van der Waals surface area contributed by atoms with Gasteiger partial charge in [-0.15, -0.1) is 5.59 Å². The summed E-state index contributed by atoms with van der Waals surface area (Å²) in [6.45, 7) is 4.19. The van der Waals surface area contributed by atoms with Crippen LogP contribution in [0.4, 0.5) is 0 Å². The Balaban J connectivity index is 2.31. The van der Waals surface area contributed by atoms with Crippen LogP contribution in [0.3, 0.4) is 0 Å². The summed E-state index contributed by atoms with van der Waals surface area (Å²) in [6, 6.07) is 8.67. The first-order chi connectivity index (χ1) is 11.1. The molecule has 23 heavy (non-hydrogen) atoms. The van der Waals surface area contributed by atoms with Gasteiger partial charge in [0.15, 0.2) is 10.9 Å². The number of Topliss-reactive ketones (excluding diaryl/α,β-unsaturated/α-hetero) is 1. The molecule has 126 valence electrons. The Morgan fingerprint density at radius 3 is 2.57 bits per heavy atom. The van der Waals surface area contributed by atoms with E-state index in [1.165, 1.54) is 0 Å². The maximum atomic E-state index is 12.2. The van der Waals surface area contributed by atoms with E-state index >= 15 is 0 Å². The lowest BCUT2D eigenvalue weighted by Gasteiger charge is -2.13. The average Bonchev–Trinajstić information content (AvgIpc) is 2.57. The molecule has 7 heteroatoms. The number of rotatable bonds is 9. The summed E-state index contributed by atoms with van der Waals surface area (Å²) in [6.07, 6.45) is 3.13. The van der Waals surface area contributed by atoms with Crippen molar-refractivity contribution in [3.05, 3.63) is 35.9 Å². The van der Waals surface area contributed by atoms with Gasteiger partial charge in [-0.2, -0.15) is 0 Å². The Hall–Kier alpha value is -1.83. The normalized spacial score (nSPS) is 11.6. The molecule has 0 fully saturated rings. The maximum Gasteiger partial charge on any atom is 0.236 e. The van der Waals surface area contributed by atoms with Crippen molar-refractivity contribution in [2.45, 2.75) is 33.1 Å². The maximum absolute atomic E-state index is 12.2. The summed E-state index contributed by atoms with van der Waals surface area (Å²) in [7, 11) is 0. The smallest absolute Gasteiger partial charge is 0.236 e. The summed E-state index contributed by atoms with van der Waals surface area (Å²) in [5.74, 6) is -1.55. The first-order valence-corrected chi connectivity index (χ1v) is 8.04. The fourth-order valence-corrected chi connectivity index (χ4v) is 1.92. The SMILES string of the molecule is CCCCCONNC(=S)NC(=O)C(C)C(=O)c1ccccc1. The quantitative estimate of drug-likeness (QED) is 0.211. The third-order valence-corrected chi connectivity index (χ3v) is 3.37. The van der Waals surface area contributed by atoms with Gasteiger partial charge in [-0.25, -0.2) is 0 Å². The first kappa shape index (κ1) is 19.2. The Kier molecular flexibility index (Phi) is 9.04. The number of thiocarbonyl (C=S) groups is 1. The zero-order valence-electron chi connectivity index (χ0n) is 13.4. The minimum atomic E-state index is -0.831. The second-order valence-electron chi connectivity index (χ2n) is 5.05. The Morgan fingerprint density at radius 1 is 1.22 bits per heavy atom. The van der Waals surface area contributed by atoms with Crippen LogP contribution in [0, 0.1) is 5.92 Å². The standard InChI is InChI=1S/C16H23N3O3S/c1-3-4-8-11-22-19-18-16(23)17-15(21)12(2)14(20)13-9-6-5-7-10-13/h5-7,9-10,12,19H,3-4,8,11H2,1-2H3,(H2,17,18,21,23). The Morgan fingerprint density at radius 2 is 1.91 bits per heavy atom. The summed E-state index contributed by atoms with van der Waals surface area (Å²) < 4.78 is 0. The van der Waals surface area contributed by atoms with Crippen LogP contribution in [0.1, 0.15) is 43.5 Å². The number of hydrazine groups is 1. The van der Waals surface area contributed by atoms with Crippen molar-refractivity contribution >= 4 is 29.0 Å². The number of amides is 1. The average molecular weight is 337 g/mol. The van der Waals surface area contributed by atoms with Gasteiger partial charge in [-0.1, -0.05) is 50.1 Å². The van der Waals surface area contributed by atoms with Crippen LogP contribution in [0.25, 0.3) is 0 Å². The molecular weight excluding hydrogens is 314 g/mol. The number of hydrogen-bond acceptors (Lipinski definition) is 5. The number of hydrogen-bond donors (Lipinski definition) is 3. The molecule has 0 aliphatic heterocycles. The molecule has 0 saturated carbocycles. The number of benzene rings is 1. The van der Waals surface area contributed by atoms with Crippen LogP contribution < -0.4 is 16.3 Å². The van der Waals surface area contributed by atoms with Gasteiger partial charge in [0.25, 0.3) is 0 Å². The van der Waals surface area contributed by atoms with Crippen molar-refractivity contribution in [3.8, 4) is 0 Å². The second kappa shape index (κ2) is 10.8. The lowest BCUT2D eigenvalue weighted by molar-refractivity contribution is -0.121. The third-order valence-electron chi connectivity index (χ3n) is 3.17. The highest BCUT2D eigenvalue weighted by atomic mass is 32.1. The van der Waals surface area contributed by atoms with Crippen LogP contribution in [-0.4, -0.2) is 23.4 Å². The lowest BCUT2D eigenvalue weighted by atomic mass is 9.99.